The first-order valence-electron chi connectivity index (χ1n) is 5.13. The number of anilines is 1. The molecule has 0 fully saturated rings. The molecular formula is C12H12N4O. The van der Waals surface area contributed by atoms with Gasteiger partial charge in [0.1, 0.15) is 12.1 Å². The van der Waals surface area contributed by atoms with Crippen molar-refractivity contribution in [3.05, 3.63) is 29.3 Å². The quantitative estimate of drug-likeness (QED) is 0.808. The fourth-order valence-corrected chi connectivity index (χ4v) is 1.23. The summed E-state index contributed by atoms with van der Waals surface area (Å²) in [6.45, 7) is 1.81. The van der Waals surface area contributed by atoms with Crippen LogP contribution in [0.3, 0.4) is 0 Å². The summed E-state index contributed by atoms with van der Waals surface area (Å²) in [6, 6.07) is 7.74. The Bertz CT molecular complexity index is 510. The van der Waals surface area contributed by atoms with Gasteiger partial charge in [-0.15, -0.1) is 0 Å². The van der Waals surface area contributed by atoms with Gasteiger partial charge in [-0.1, -0.05) is 6.92 Å². The van der Waals surface area contributed by atoms with Gasteiger partial charge in [-0.2, -0.15) is 10.5 Å². The molecule has 0 aliphatic heterocycles. The average molecular weight is 228 g/mol. The number of amides is 1. The Balaban J connectivity index is 2.92. The van der Waals surface area contributed by atoms with Crippen LogP contribution >= 0.6 is 0 Å². The number of rotatable bonds is 3. The lowest BCUT2D eigenvalue weighted by Crippen LogP contribution is -2.34. The average Bonchev–Trinajstić information content (AvgIpc) is 2.37. The maximum atomic E-state index is 11.5. The monoisotopic (exact) mass is 228 g/mol. The molecule has 0 saturated carbocycles. The number of carbonyl (C=O) groups excluding carboxylic acids is 1. The van der Waals surface area contributed by atoms with Crippen molar-refractivity contribution in [2.45, 2.75) is 19.4 Å². The van der Waals surface area contributed by atoms with Crippen LogP contribution in [0.15, 0.2) is 18.2 Å². The minimum atomic E-state index is -0.573. The number of nitriles is 2. The van der Waals surface area contributed by atoms with Gasteiger partial charge in [0.15, 0.2) is 0 Å². The van der Waals surface area contributed by atoms with E-state index in [1.165, 1.54) is 12.1 Å². The summed E-state index contributed by atoms with van der Waals surface area (Å²) in [6.07, 6.45) is 0.535. The summed E-state index contributed by atoms with van der Waals surface area (Å²) in [7, 11) is 0. The second kappa shape index (κ2) is 5.64. The van der Waals surface area contributed by atoms with Crippen LogP contribution in [0, 0.1) is 22.7 Å². The molecule has 1 rings (SSSR count). The molecule has 0 spiro atoms. The molecule has 86 valence electrons. The predicted molar refractivity (Wildman–Crippen MR) is 62.8 cm³/mol. The summed E-state index contributed by atoms with van der Waals surface area (Å²) in [4.78, 5) is 11.5. The van der Waals surface area contributed by atoms with E-state index in [1.54, 1.807) is 6.07 Å². The van der Waals surface area contributed by atoms with Gasteiger partial charge in [-0.05, 0) is 24.6 Å². The zero-order valence-electron chi connectivity index (χ0n) is 9.40. The van der Waals surface area contributed by atoms with Gasteiger partial charge in [0.25, 0.3) is 0 Å². The highest BCUT2D eigenvalue weighted by Gasteiger charge is 2.11. The summed E-state index contributed by atoms with van der Waals surface area (Å²) < 4.78 is 0. The predicted octanol–water partition coefficient (Wildman–Crippen LogP) is 1.11. The van der Waals surface area contributed by atoms with Crippen LogP contribution in [-0.2, 0) is 4.79 Å². The second-order valence-corrected chi connectivity index (χ2v) is 3.49. The van der Waals surface area contributed by atoms with Crippen LogP contribution in [-0.4, -0.2) is 11.9 Å². The summed E-state index contributed by atoms with van der Waals surface area (Å²) in [5.41, 5.74) is 6.54. The first kappa shape index (κ1) is 12.7. The fourth-order valence-electron chi connectivity index (χ4n) is 1.23. The first-order valence-corrected chi connectivity index (χ1v) is 5.13. The number of hydrogen-bond acceptors (Lipinski definition) is 4. The van der Waals surface area contributed by atoms with Crippen molar-refractivity contribution >= 4 is 11.6 Å². The van der Waals surface area contributed by atoms with Gasteiger partial charge < -0.3 is 11.1 Å². The largest absolute Gasteiger partial charge is 0.325 e. The molecule has 0 aliphatic carbocycles. The maximum absolute atomic E-state index is 11.5. The van der Waals surface area contributed by atoms with Crippen molar-refractivity contribution in [2.75, 3.05) is 5.32 Å². The molecule has 0 aromatic heterocycles. The Hall–Kier alpha value is -2.37. The lowest BCUT2D eigenvalue weighted by Gasteiger charge is -2.10. The highest BCUT2D eigenvalue weighted by molar-refractivity contribution is 5.94. The zero-order valence-corrected chi connectivity index (χ0v) is 9.40. The zero-order chi connectivity index (χ0) is 12.8. The molecule has 1 aromatic rings. The summed E-state index contributed by atoms with van der Waals surface area (Å²) in [5.74, 6) is -0.305. The van der Waals surface area contributed by atoms with Crippen molar-refractivity contribution < 1.29 is 4.79 Å². The van der Waals surface area contributed by atoms with Crippen LogP contribution in [0.2, 0.25) is 0 Å². The van der Waals surface area contributed by atoms with Crippen molar-refractivity contribution in [3.63, 3.8) is 0 Å². The number of carbonyl (C=O) groups is 1. The minimum Gasteiger partial charge on any atom is -0.325 e. The van der Waals surface area contributed by atoms with Gasteiger partial charge in [0, 0.05) is 5.69 Å². The van der Waals surface area contributed by atoms with E-state index >= 15 is 0 Å². The molecule has 1 atom stereocenters. The van der Waals surface area contributed by atoms with Gasteiger partial charge >= 0.3 is 0 Å². The molecule has 5 heteroatoms. The van der Waals surface area contributed by atoms with Gasteiger partial charge in [-0.25, -0.2) is 0 Å². The molecule has 1 amide bonds. The maximum Gasteiger partial charge on any atom is 0.241 e. The van der Waals surface area contributed by atoms with E-state index in [0.29, 0.717) is 12.1 Å². The van der Waals surface area contributed by atoms with Crippen LogP contribution in [0.25, 0.3) is 0 Å². The first-order chi connectivity index (χ1) is 8.12. The minimum absolute atomic E-state index is 0.232. The van der Waals surface area contributed by atoms with E-state index in [2.05, 4.69) is 5.32 Å². The summed E-state index contributed by atoms with van der Waals surface area (Å²) >= 11 is 0. The van der Waals surface area contributed by atoms with E-state index in [9.17, 15) is 4.79 Å². The van der Waals surface area contributed by atoms with E-state index in [1.807, 2.05) is 19.1 Å². The van der Waals surface area contributed by atoms with E-state index in [-0.39, 0.29) is 17.0 Å². The molecular weight excluding hydrogens is 216 g/mol. The van der Waals surface area contributed by atoms with Gasteiger partial charge in [0.2, 0.25) is 5.91 Å². The topological polar surface area (TPSA) is 103 Å². The standard InChI is InChI=1S/C12H12N4O/c1-2-11(15)12(17)16-10-4-3-8(6-13)9(5-10)7-14/h3-5,11H,2,15H2,1H3,(H,16,17)/t11-/m1/s1. The van der Waals surface area contributed by atoms with Crippen LogP contribution in [0.1, 0.15) is 24.5 Å². The highest BCUT2D eigenvalue weighted by Crippen LogP contribution is 2.14. The third-order valence-electron chi connectivity index (χ3n) is 2.30. The molecule has 3 N–H and O–H groups in total. The Labute approximate surface area is 99.5 Å². The number of nitrogens with two attached hydrogens (primary N) is 1. The lowest BCUT2D eigenvalue weighted by molar-refractivity contribution is -0.117. The SMILES string of the molecule is CC[C@@H](N)C(=O)Nc1ccc(C#N)c(C#N)c1. The summed E-state index contributed by atoms with van der Waals surface area (Å²) in [5, 5.41) is 20.2. The Morgan fingerprint density at radius 2 is 2.06 bits per heavy atom. The lowest BCUT2D eigenvalue weighted by atomic mass is 10.1. The van der Waals surface area contributed by atoms with Gasteiger partial charge in [0.05, 0.1) is 17.2 Å². The Kier molecular flexibility index (Phi) is 4.21. The van der Waals surface area contributed by atoms with E-state index in [0.717, 1.165) is 0 Å². The highest BCUT2D eigenvalue weighted by atomic mass is 16.2. The van der Waals surface area contributed by atoms with E-state index in [4.69, 9.17) is 16.3 Å². The molecule has 17 heavy (non-hydrogen) atoms. The van der Waals surface area contributed by atoms with Crippen molar-refractivity contribution in [1.82, 2.24) is 0 Å². The van der Waals surface area contributed by atoms with Gasteiger partial charge in [-0.3, -0.25) is 4.79 Å². The fraction of sp³-hybridized carbons (Fsp3) is 0.250. The molecule has 0 bridgehead atoms. The third-order valence-corrected chi connectivity index (χ3v) is 2.30. The molecule has 5 nitrogen and oxygen atoms in total. The Morgan fingerprint density at radius 3 is 2.59 bits per heavy atom. The number of benzene rings is 1. The Morgan fingerprint density at radius 1 is 1.41 bits per heavy atom. The van der Waals surface area contributed by atoms with Crippen molar-refractivity contribution in [1.29, 1.82) is 10.5 Å². The smallest absolute Gasteiger partial charge is 0.241 e. The van der Waals surface area contributed by atoms with Crippen LogP contribution in [0.4, 0.5) is 5.69 Å². The molecule has 0 aliphatic rings. The molecule has 1 aromatic carbocycles. The number of hydrogen-bond donors (Lipinski definition) is 2. The van der Waals surface area contributed by atoms with Crippen LogP contribution in [0.5, 0.6) is 0 Å². The van der Waals surface area contributed by atoms with Crippen molar-refractivity contribution in [2.24, 2.45) is 5.73 Å². The molecule has 0 saturated heterocycles. The molecule has 0 unspecified atom stereocenters. The number of nitrogens with one attached hydrogen (secondary N) is 1. The van der Waals surface area contributed by atoms with Crippen LogP contribution < -0.4 is 11.1 Å². The second-order valence-electron chi connectivity index (χ2n) is 3.49. The number of nitrogens with zero attached hydrogens (tertiary/aromatic N) is 2. The van der Waals surface area contributed by atoms with E-state index < -0.39 is 6.04 Å². The normalized spacial score (nSPS) is 11.1. The third kappa shape index (κ3) is 3.04. The van der Waals surface area contributed by atoms with Crippen molar-refractivity contribution in [3.8, 4) is 12.1 Å². The molecule has 0 radical (unpaired) electrons. The molecule has 0 heterocycles.